The summed E-state index contributed by atoms with van der Waals surface area (Å²) < 4.78 is 0. The van der Waals surface area contributed by atoms with Crippen molar-refractivity contribution in [2.24, 2.45) is 0 Å². The number of carbonyl (C=O) groups is 1. The largest absolute Gasteiger partial charge is 0.368 e. The zero-order chi connectivity index (χ0) is 14.4. The maximum atomic E-state index is 11.5. The van der Waals surface area contributed by atoms with Crippen molar-refractivity contribution in [3.8, 4) is 0 Å². The molecule has 1 aliphatic rings. The number of anilines is 1. The van der Waals surface area contributed by atoms with Gasteiger partial charge in [0.2, 0.25) is 5.91 Å². The maximum Gasteiger partial charge on any atom is 0.221 e. The number of halogens is 1. The summed E-state index contributed by atoms with van der Waals surface area (Å²) in [6, 6.07) is 6.00. The molecule has 1 fully saturated rings. The molecule has 1 aromatic carbocycles. The molecule has 1 saturated heterocycles. The molecule has 2 rings (SSSR count). The summed E-state index contributed by atoms with van der Waals surface area (Å²) in [6.07, 6.45) is 1.63. The van der Waals surface area contributed by atoms with Crippen LogP contribution in [0.5, 0.6) is 0 Å². The minimum atomic E-state index is 0.116. The third kappa shape index (κ3) is 3.87. The summed E-state index contributed by atoms with van der Waals surface area (Å²) in [5.41, 5.74) is 2.26. The minimum absolute atomic E-state index is 0.116. The van der Waals surface area contributed by atoms with Gasteiger partial charge in [0.1, 0.15) is 0 Å². The second-order valence-corrected chi connectivity index (χ2v) is 5.42. The first kappa shape index (κ1) is 15.1. The summed E-state index contributed by atoms with van der Waals surface area (Å²) in [5, 5.41) is 7.07. The van der Waals surface area contributed by atoms with Crippen molar-refractivity contribution in [2.45, 2.75) is 26.3 Å². The van der Waals surface area contributed by atoms with Gasteiger partial charge in [-0.25, -0.2) is 0 Å². The molecule has 5 heteroatoms. The molecule has 0 aromatic heterocycles. The average Bonchev–Trinajstić information content (AvgIpc) is 2.64. The van der Waals surface area contributed by atoms with E-state index < -0.39 is 0 Å². The van der Waals surface area contributed by atoms with Crippen molar-refractivity contribution in [3.05, 3.63) is 28.8 Å². The van der Waals surface area contributed by atoms with Gasteiger partial charge in [-0.2, -0.15) is 0 Å². The Hall–Kier alpha value is -1.26. The number of amides is 1. The molecule has 1 amide bonds. The smallest absolute Gasteiger partial charge is 0.221 e. The molecular formula is C15H22ClN3O. The van der Waals surface area contributed by atoms with Crippen molar-refractivity contribution in [1.29, 1.82) is 0 Å². The van der Waals surface area contributed by atoms with Crippen molar-refractivity contribution >= 4 is 23.2 Å². The zero-order valence-corrected chi connectivity index (χ0v) is 12.7. The Balaban J connectivity index is 2.17. The monoisotopic (exact) mass is 295 g/mol. The number of benzene rings is 1. The standard InChI is InChI=1S/C15H22ClN3O/c1-2-7-17-11-12-4-3-5-13(16)15(12)19-9-6-14(20)18-8-10-19/h3-5,17H,2,6-11H2,1H3,(H,18,20). The first-order valence-corrected chi connectivity index (χ1v) is 7.60. The van der Waals surface area contributed by atoms with E-state index in [0.717, 1.165) is 43.3 Å². The Labute approximate surface area is 125 Å². The van der Waals surface area contributed by atoms with Gasteiger partial charge < -0.3 is 15.5 Å². The number of carbonyl (C=O) groups excluding carboxylic acids is 1. The van der Waals surface area contributed by atoms with Crippen LogP contribution in [0.15, 0.2) is 18.2 Å². The third-order valence-corrected chi connectivity index (χ3v) is 3.75. The minimum Gasteiger partial charge on any atom is -0.368 e. The lowest BCUT2D eigenvalue weighted by molar-refractivity contribution is -0.120. The lowest BCUT2D eigenvalue weighted by Crippen LogP contribution is -2.30. The molecule has 0 aliphatic carbocycles. The van der Waals surface area contributed by atoms with E-state index in [2.05, 4.69) is 28.5 Å². The van der Waals surface area contributed by atoms with Crippen molar-refractivity contribution in [3.63, 3.8) is 0 Å². The van der Waals surface area contributed by atoms with Gasteiger partial charge in [0.25, 0.3) is 0 Å². The number of rotatable bonds is 5. The maximum absolute atomic E-state index is 11.5. The first-order chi connectivity index (χ1) is 9.72. The molecule has 1 aromatic rings. The highest BCUT2D eigenvalue weighted by atomic mass is 35.5. The molecule has 20 heavy (non-hydrogen) atoms. The fourth-order valence-electron chi connectivity index (χ4n) is 2.45. The van der Waals surface area contributed by atoms with Gasteiger partial charge in [0.05, 0.1) is 10.7 Å². The zero-order valence-electron chi connectivity index (χ0n) is 11.9. The van der Waals surface area contributed by atoms with E-state index in [0.29, 0.717) is 13.0 Å². The van der Waals surface area contributed by atoms with Crippen LogP contribution >= 0.6 is 11.6 Å². The third-order valence-electron chi connectivity index (χ3n) is 3.44. The van der Waals surface area contributed by atoms with Crippen LogP contribution in [-0.2, 0) is 11.3 Å². The molecule has 0 bridgehead atoms. The van der Waals surface area contributed by atoms with Crippen LogP contribution < -0.4 is 15.5 Å². The van der Waals surface area contributed by atoms with Gasteiger partial charge in [-0.1, -0.05) is 30.7 Å². The van der Waals surface area contributed by atoms with Gasteiger partial charge in [0, 0.05) is 32.6 Å². The second kappa shape index (κ2) is 7.50. The summed E-state index contributed by atoms with van der Waals surface area (Å²) in [4.78, 5) is 13.7. The quantitative estimate of drug-likeness (QED) is 0.818. The fraction of sp³-hybridized carbons (Fsp3) is 0.533. The fourth-order valence-corrected chi connectivity index (χ4v) is 2.76. The predicted octanol–water partition coefficient (Wildman–Crippen LogP) is 2.17. The molecule has 110 valence electrons. The van der Waals surface area contributed by atoms with E-state index in [-0.39, 0.29) is 5.91 Å². The molecule has 0 atom stereocenters. The first-order valence-electron chi connectivity index (χ1n) is 7.22. The van der Waals surface area contributed by atoms with Crippen LogP contribution in [0.1, 0.15) is 25.3 Å². The topological polar surface area (TPSA) is 44.4 Å². The molecule has 0 radical (unpaired) electrons. The highest BCUT2D eigenvalue weighted by Gasteiger charge is 2.18. The number of nitrogens with one attached hydrogen (secondary N) is 2. The van der Waals surface area contributed by atoms with Crippen molar-refractivity contribution in [2.75, 3.05) is 31.1 Å². The highest BCUT2D eigenvalue weighted by Crippen LogP contribution is 2.30. The molecular weight excluding hydrogens is 274 g/mol. The summed E-state index contributed by atoms with van der Waals surface area (Å²) in [5.74, 6) is 0.116. The van der Waals surface area contributed by atoms with Crippen LogP contribution in [0.25, 0.3) is 0 Å². The second-order valence-electron chi connectivity index (χ2n) is 5.01. The lowest BCUT2D eigenvalue weighted by Gasteiger charge is -2.26. The number of nitrogens with zero attached hydrogens (tertiary/aromatic N) is 1. The van der Waals surface area contributed by atoms with Crippen LogP contribution in [0.3, 0.4) is 0 Å². The van der Waals surface area contributed by atoms with E-state index >= 15 is 0 Å². The van der Waals surface area contributed by atoms with Gasteiger partial charge in [0.15, 0.2) is 0 Å². The molecule has 0 spiro atoms. The Morgan fingerprint density at radius 1 is 1.40 bits per heavy atom. The number of hydrogen-bond donors (Lipinski definition) is 2. The predicted molar refractivity (Wildman–Crippen MR) is 83.3 cm³/mol. The van der Waals surface area contributed by atoms with E-state index in [9.17, 15) is 4.79 Å². The van der Waals surface area contributed by atoms with Crippen LogP contribution in [0.2, 0.25) is 5.02 Å². The number of para-hydroxylation sites is 1. The normalized spacial score (nSPS) is 15.9. The summed E-state index contributed by atoms with van der Waals surface area (Å²) >= 11 is 6.39. The van der Waals surface area contributed by atoms with Gasteiger partial charge >= 0.3 is 0 Å². The highest BCUT2D eigenvalue weighted by molar-refractivity contribution is 6.33. The Bertz CT molecular complexity index is 464. The lowest BCUT2D eigenvalue weighted by atomic mass is 10.1. The van der Waals surface area contributed by atoms with E-state index in [4.69, 9.17) is 11.6 Å². The summed E-state index contributed by atoms with van der Waals surface area (Å²) in [6.45, 7) is 6.14. The number of hydrogen-bond acceptors (Lipinski definition) is 3. The van der Waals surface area contributed by atoms with Crippen LogP contribution in [0.4, 0.5) is 5.69 Å². The van der Waals surface area contributed by atoms with Crippen molar-refractivity contribution in [1.82, 2.24) is 10.6 Å². The summed E-state index contributed by atoms with van der Waals surface area (Å²) in [7, 11) is 0. The van der Waals surface area contributed by atoms with Crippen molar-refractivity contribution < 1.29 is 4.79 Å². The van der Waals surface area contributed by atoms with E-state index in [1.807, 2.05) is 12.1 Å². The van der Waals surface area contributed by atoms with Gasteiger partial charge in [-0.3, -0.25) is 4.79 Å². The van der Waals surface area contributed by atoms with Crippen LogP contribution in [0, 0.1) is 0 Å². The molecule has 4 nitrogen and oxygen atoms in total. The molecule has 2 N–H and O–H groups in total. The van der Waals surface area contributed by atoms with Gasteiger partial charge in [-0.15, -0.1) is 0 Å². The SMILES string of the molecule is CCCNCc1cccc(Cl)c1N1CCNC(=O)CC1. The Morgan fingerprint density at radius 2 is 2.25 bits per heavy atom. The van der Waals surface area contributed by atoms with E-state index in [1.54, 1.807) is 0 Å². The molecule has 1 aliphatic heterocycles. The van der Waals surface area contributed by atoms with Crippen LogP contribution in [-0.4, -0.2) is 32.1 Å². The Kier molecular flexibility index (Phi) is 5.68. The molecule has 1 heterocycles. The average molecular weight is 296 g/mol. The molecule has 0 unspecified atom stereocenters. The Morgan fingerprint density at radius 3 is 3.05 bits per heavy atom. The molecule has 0 saturated carbocycles. The van der Waals surface area contributed by atoms with E-state index in [1.165, 1.54) is 5.56 Å². The van der Waals surface area contributed by atoms with Gasteiger partial charge in [-0.05, 0) is 24.6 Å².